The van der Waals surface area contributed by atoms with Crippen LogP contribution in [0.1, 0.15) is 24.2 Å². The van der Waals surface area contributed by atoms with Crippen LogP contribution in [0, 0.1) is 18.6 Å². The summed E-state index contributed by atoms with van der Waals surface area (Å²) in [4.78, 5) is 17.9. The van der Waals surface area contributed by atoms with Crippen LogP contribution in [0.5, 0.6) is 0 Å². The fraction of sp³-hybridized carbons (Fsp3) is 0.312. The van der Waals surface area contributed by atoms with E-state index in [1.807, 2.05) is 0 Å². The van der Waals surface area contributed by atoms with Crippen molar-refractivity contribution in [3.63, 3.8) is 0 Å². The first kappa shape index (κ1) is 17.8. The fourth-order valence-corrected chi connectivity index (χ4v) is 3.31. The third kappa shape index (κ3) is 4.32. The molecule has 1 aliphatic rings. The molecule has 2 heterocycles. The second kappa shape index (κ2) is 7.45. The van der Waals surface area contributed by atoms with Gasteiger partial charge in [-0.2, -0.15) is 4.37 Å². The molecule has 2 aromatic rings. The number of carbonyl (C=O) groups excluding carboxylic acids is 1. The van der Waals surface area contributed by atoms with Gasteiger partial charge in [-0.1, -0.05) is 17.2 Å². The van der Waals surface area contributed by atoms with E-state index in [4.69, 9.17) is 11.6 Å². The van der Waals surface area contributed by atoms with Crippen LogP contribution in [-0.4, -0.2) is 33.4 Å². The summed E-state index contributed by atoms with van der Waals surface area (Å²) < 4.78 is 31.7. The van der Waals surface area contributed by atoms with E-state index >= 15 is 0 Å². The highest BCUT2D eigenvalue weighted by molar-refractivity contribution is 7.09. The molecule has 3 rings (SSSR count). The third-order valence-corrected chi connectivity index (χ3v) is 4.77. The molecule has 0 bridgehead atoms. The molecule has 9 heteroatoms. The Morgan fingerprint density at radius 1 is 1.32 bits per heavy atom. The maximum atomic E-state index is 13.9. The maximum absolute atomic E-state index is 13.9. The van der Waals surface area contributed by atoms with Gasteiger partial charge in [0.05, 0.1) is 0 Å². The van der Waals surface area contributed by atoms with Crippen LogP contribution in [0.15, 0.2) is 17.7 Å². The van der Waals surface area contributed by atoms with Crippen molar-refractivity contribution in [2.75, 3.05) is 18.4 Å². The molecular formula is C16H15ClF2N4OS. The van der Waals surface area contributed by atoms with Crippen molar-refractivity contribution in [2.45, 2.75) is 19.8 Å². The van der Waals surface area contributed by atoms with E-state index in [-0.39, 0.29) is 16.6 Å². The minimum atomic E-state index is -0.690. The minimum Gasteiger partial charge on any atom is -0.324 e. The number of hydrogen-bond donors (Lipinski definition) is 1. The lowest BCUT2D eigenvalue weighted by molar-refractivity contribution is 0.208. The number of aryl methyl sites for hydroxylation is 1. The SMILES string of the molecule is Cc1nsc(NC(=O)N2CCC(=Cc3c(F)cc(Cl)cc3F)CC2)n1. The highest BCUT2D eigenvalue weighted by Gasteiger charge is 2.21. The Labute approximate surface area is 152 Å². The Kier molecular flexibility index (Phi) is 5.29. The number of halogens is 3. The van der Waals surface area contributed by atoms with E-state index < -0.39 is 11.6 Å². The van der Waals surface area contributed by atoms with E-state index in [9.17, 15) is 13.6 Å². The maximum Gasteiger partial charge on any atom is 0.323 e. The van der Waals surface area contributed by atoms with Gasteiger partial charge in [-0.3, -0.25) is 5.32 Å². The quantitative estimate of drug-likeness (QED) is 0.829. The number of likely N-dealkylation sites (tertiary alicyclic amines) is 1. The lowest BCUT2D eigenvalue weighted by Crippen LogP contribution is -2.39. The molecule has 132 valence electrons. The molecule has 0 radical (unpaired) electrons. The Hall–Kier alpha value is -2.06. The van der Waals surface area contributed by atoms with Crippen LogP contribution >= 0.6 is 23.1 Å². The summed E-state index contributed by atoms with van der Waals surface area (Å²) in [6.45, 7) is 2.68. The van der Waals surface area contributed by atoms with Gasteiger partial charge in [-0.25, -0.2) is 18.6 Å². The first-order valence-corrected chi connectivity index (χ1v) is 8.78. The van der Waals surface area contributed by atoms with Gasteiger partial charge >= 0.3 is 6.03 Å². The predicted octanol–water partition coefficient (Wildman–Crippen LogP) is 4.49. The molecule has 1 aliphatic heterocycles. The van der Waals surface area contributed by atoms with Crippen LogP contribution in [0.2, 0.25) is 5.02 Å². The highest BCUT2D eigenvalue weighted by atomic mass is 35.5. The largest absolute Gasteiger partial charge is 0.324 e. The first-order chi connectivity index (χ1) is 11.9. The van der Waals surface area contributed by atoms with Crippen molar-refractivity contribution >= 4 is 40.4 Å². The summed E-state index contributed by atoms with van der Waals surface area (Å²) in [5.41, 5.74) is 0.789. The molecule has 1 saturated heterocycles. The van der Waals surface area contributed by atoms with E-state index in [0.29, 0.717) is 36.9 Å². The van der Waals surface area contributed by atoms with Crippen molar-refractivity contribution in [2.24, 2.45) is 0 Å². The normalized spacial score (nSPS) is 14.6. The van der Waals surface area contributed by atoms with E-state index in [2.05, 4.69) is 14.7 Å². The second-order valence-electron chi connectivity index (χ2n) is 5.65. The lowest BCUT2D eigenvalue weighted by Gasteiger charge is -2.28. The smallest absolute Gasteiger partial charge is 0.323 e. The van der Waals surface area contributed by atoms with Crippen molar-refractivity contribution in [1.29, 1.82) is 0 Å². The second-order valence-corrected chi connectivity index (χ2v) is 6.84. The van der Waals surface area contributed by atoms with Gasteiger partial charge in [0.1, 0.15) is 17.5 Å². The number of urea groups is 1. The molecule has 1 fully saturated rings. The standard InChI is InChI=1S/C16H15ClF2N4OS/c1-9-20-15(25-22-9)21-16(24)23-4-2-10(3-5-23)6-12-13(18)7-11(17)8-14(12)19/h6-8H,2-5H2,1H3,(H,20,21,22,24). The van der Waals surface area contributed by atoms with E-state index in [1.54, 1.807) is 11.8 Å². The Morgan fingerprint density at radius 3 is 2.52 bits per heavy atom. The summed E-state index contributed by atoms with van der Waals surface area (Å²) in [7, 11) is 0. The summed E-state index contributed by atoms with van der Waals surface area (Å²) in [5.74, 6) is -0.773. The predicted molar refractivity (Wildman–Crippen MR) is 93.8 cm³/mol. The van der Waals surface area contributed by atoms with Crippen LogP contribution in [0.25, 0.3) is 6.08 Å². The average Bonchev–Trinajstić information content (AvgIpc) is 2.96. The topological polar surface area (TPSA) is 58.1 Å². The molecule has 2 amide bonds. The molecule has 1 aromatic carbocycles. The number of aromatic nitrogens is 2. The van der Waals surface area contributed by atoms with Crippen molar-refractivity contribution in [1.82, 2.24) is 14.3 Å². The number of anilines is 1. The number of piperidine rings is 1. The Morgan fingerprint density at radius 2 is 1.96 bits per heavy atom. The van der Waals surface area contributed by atoms with Crippen LogP contribution in [0.4, 0.5) is 18.7 Å². The number of nitrogens with zero attached hydrogens (tertiary/aromatic N) is 3. The van der Waals surface area contributed by atoms with E-state index in [0.717, 1.165) is 29.2 Å². The summed E-state index contributed by atoms with van der Waals surface area (Å²) >= 11 is 6.75. The lowest BCUT2D eigenvalue weighted by atomic mass is 10.0. The summed E-state index contributed by atoms with van der Waals surface area (Å²) in [5, 5.41) is 3.18. The summed E-state index contributed by atoms with van der Waals surface area (Å²) in [6.07, 6.45) is 2.60. The van der Waals surface area contributed by atoms with Crippen molar-refractivity contribution in [3.8, 4) is 0 Å². The monoisotopic (exact) mass is 384 g/mol. The third-order valence-electron chi connectivity index (χ3n) is 3.83. The molecule has 0 aliphatic carbocycles. The van der Waals surface area contributed by atoms with Crippen molar-refractivity contribution < 1.29 is 13.6 Å². The van der Waals surface area contributed by atoms with Crippen LogP contribution in [0.3, 0.4) is 0 Å². The zero-order valence-corrected chi connectivity index (χ0v) is 14.9. The van der Waals surface area contributed by atoms with Crippen LogP contribution in [-0.2, 0) is 0 Å². The molecule has 0 atom stereocenters. The molecular weight excluding hydrogens is 370 g/mol. The molecule has 0 spiro atoms. The highest BCUT2D eigenvalue weighted by Crippen LogP contribution is 2.25. The van der Waals surface area contributed by atoms with Gasteiger partial charge in [0.2, 0.25) is 5.13 Å². The number of rotatable bonds is 2. The number of nitrogens with one attached hydrogen (secondary N) is 1. The number of carbonyl (C=O) groups is 1. The summed E-state index contributed by atoms with van der Waals surface area (Å²) in [6, 6.07) is 1.92. The number of amides is 2. The minimum absolute atomic E-state index is 0.0237. The first-order valence-electron chi connectivity index (χ1n) is 7.62. The Balaban J connectivity index is 1.63. The van der Waals surface area contributed by atoms with Gasteiger partial charge < -0.3 is 4.90 Å². The number of benzene rings is 1. The van der Waals surface area contributed by atoms with Crippen molar-refractivity contribution in [3.05, 3.63) is 45.8 Å². The van der Waals surface area contributed by atoms with Gasteiger partial charge in [0, 0.05) is 35.2 Å². The van der Waals surface area contributed by atoms with E-state index in [1.165, 1.54) is 6.08 Å². The molecule has 5 nitrogen and oxygen atoms in total. The zero-order valence-electron chi connectivity index (χ0n) is 13.4. The molecule has 25 heavy (non-hydrogen) atoms. The number of hydrogen-bond acceptors (Lipinski definition) is 4. The Bertz CT molecular complexity index is 806. The molecule has 1 N–H and O–H groups in total. The molecule has 1 aromatic heterocycles. The van der Waals surface area contributed by atoms with Gasteiger partial charge in [-0.05, 0) is 38.0 Å². The molecule has 0 unspecified atom stereocenters. The zero-order chi connectivity index (χ0) is 18.0. The average molecular weight is 385 g/mol. The van der Waals surface area contributed by atoms with Crippen LogP contribution < -0.4 is 5.32 Å². The molecule has 0 saturated carbocycles. The van der Waals surface area contributed by atoms with Gasteiger partial charge in [-0.15, -0.1) is 0 Å². The van der Waals surface area contributed by atoms with Gasteiger partial charge in [0.15, 0.2) is 0 Å². The fourth-order valence-electron chi connectivity index (χ4n) is 2.56. The van der Waals surface area contributed by atoms with Gasteiger partial charge in [0.25, 0.3) is 0 Å².